The highest BCUT2D eigenvalue weighted by Crippen LogP contribution is 2.33. The minimum atomic E-state index is 0.402. The molecule has 1 unspecified atom stereocenters. The first kappa shape index (κ1) is 12.7. The van der Waals surface area contributed by atoms with Gasteiger partial charge in [0.2, 0.25) is 0 Å². The van der Waals surface area contributed by atoms with E-state index in [9.17, 15) is 0 Å². The first-order valence-corrected chi connectivity index (χ1v) is 7.52. The fourth-order valence-corrected chi connectivity index (χ4v) is 4.01. The van der Waals surface area contributed by atoms with Crippen LogP contribution in [0.1, 0.15) is 20.3 Å². The zero-order valence-corrected chi connectivity index (χ0v) is 11.3. The normalized spacial score (nSPS) is 32.4. The third-order valence-electron chi connectivity index (χ3n) is 3.60. The molecule has 2 aliphatic rings. The first-order chi connectivity index (χ1) is 7.73. The maximum absolute atomic E-state index is 5.46. The summed E-state index contributed by atoms with van der Waals surface area (Å²) in [6, 6.07) is 0.587. The van der Waals surface area contributed by atoms with Gasteiger partial charge in [0.1, 0.15) is 0 Å². The molecular formula is C12H24N2OS. The maximum Gasteiger partial charge on any atom is 0.0594 e. The van der Waals surface area contributed by atoms with Crippen LogP contribution in [0, 0.1) is 0 Å². The van der Waals surface area contributed by atoms with Crippen LogP contribution in [0.5, 0.6) is 0 Å². The lowest BCUT2D eigenvalue weighted by atomic mass is 9.95. The van der Waals surface area contributed by atoms with E-state index in [1.807, 2.05) is 0 Å². The average Bonchev–Trinajstić information content (AvgIpc) is 2.78. The topological polar surface area (TPSA) is 24.5 Å². The summed E-state index contributed by atoms with van der Waals surface area (Å²) in [5.74, 6) is 2.60. The van der Waals surface area contributed by atoms with Crippen molar-refractivity contribution < 1.29 is 4.74 Å². The predicted octanol–water partition coefficient (Wildman–Crippen LogP) is 1.19. The molecule has 16 heavy (non-hydrogen) atoms. The number of ether oxygens (including phenoxy) is 1. The number of rotatable bonds is 4. The van der Waals surface area contributed by atoms with E-state index in [-0.39, 0.29) is 0 Å². The molecule has 1 atom stereocenters. The van der Waals surface area contributed by atoms with Gasteiger partial charge in [0, 0.05) is 37.0 Å². The summed E-state index contributed by atoms with van der Waals surface area (Å²) in [7, 11) is 0. The van der Waals surface area contributed by atoms with Crippen LogP contribution in [-0.4, -0.2) is 60.8 Å². The molecule has 2 heterocycles. The zero-order valence-electron chi connectivity index (χ0n) is 10.5. The van der Waals surface area contributed by atoms with E-state index in [1.54, 1.807) is 0 Å². The largest absolute Gasteiger partial charge is 0.379 e. The Labute approximate surface area is 103 Å². The Balaban J connectivity index is 1.96. The van der Waals surface area contributed by atoms with Crippen molar-refractivity contribution in [2.45, 2.75) is 31.8 Å². The number of nitrogens with one attached hydrogen (secondary N) is 1. The van der Waals surface area contributed by atoms with Crippen LogP contribution in [0.2, 0.25) is 0 Å². The number of thioether (sulfide) groups is 1. The molecule has 0 bridgehead atoms. The van der Waals surface area contributed by atoms with Crippen molar-refractivity contribution in [3.05, 3.63) is 0 Å². The molecule has 1 N–H and O–H groups in total. The molecule has 2 rings (SSSR count). The molecule has 0 aromatic carbocycles. The second-order valence-electron chi connectivity index (χ2n) is 5.16. The Bertz CT molecular complexity index is 211. The van der Waals surface area contributed by atoms with Crippen molar-refractivity contribution in [1.82, 2.24) is 10.2 Å². The zero-order chi connectivity index (χ0) is 11.4. The van der Waals surface area contributed by atoms with Gasteiger partial charge in [-0.05, 0) is 12.2 Å². The average molecular weight is 244 g/mol. The van der Waals surface area contributed by atoms with Gasteiger partial charge >= 0.3 is 0 Å². The van der Waals surface area contributed by atoms with Crippen molar-refractivity contribution in [3.8, 4) is 0 Å². The molecule has 2 fully saturated rings. The summed E-state index contributed by atoms with van der Waals surface area (Å²) in [4.78, 5) is 2.66. The molecule has 94 valence electrons. The highest BCUT2D eigenvalue weighted by molar-refractivity contribution is 7.99. The van der Waals surface area contributed by atoms with Crippen molar-refractivity contribution in [2.75, 3.05) is 44.4 Å². The monoisotopic (exact) mass is 244 g/mol. The van der Waals surface area contributed by atoms with Gasteiger partial charge in [0.05, 0.1) is 13.2 Å². The molecule has 3 nitrogen and oxygen atoms in total. The van der Waals surface area contributed by atoms with E-state index < -0.39 is 0 Å². The quantitative estimate of drug-likeness (QED) is 0.803. The van der Waals surface area contributed by atoms with Crippen LogP contribution in [0.25, 0.3) is 0 Å². The van der Waals surface area contributed by atoms with E-state index >= 15 is 0 Å². The number of hydrogen-bond donors (Lipinski definition) is 1. The predicted molar refractivity (Wildman–Crippen MR) is 70.2 cm³/mol. The van der Waals surface area contributed by atoms with Gasteiger partial charge in [-0.2, -0.15) is 11.8 Å². The summed E-state index contributed by atoms with van der Waals surface area (Å²) < 4.78 is 5.46. The third kappa shape index (κ3) is 2.92. The van der Waals surface area contributed by atoms with Crippen LogP contribution in [0.4, 0.5) is 0 Å². The Morgan fingerprint density at radius 1 is 1.38 bits per heavy atom. The lowest BCUT2D eigenvalue weighted by Gasteiger charge is -2.43. The van der Waals surface area contributed by atoms with Gasteiger partial charge in [-0.25, -0.2) is 0 Å². The molecule has 4 heteroatoms. The van der Waals surface area contributed by atoms with Crippen LogP contribution in [-0.2, 0) is 4.74 Å². The van der Waals surface area contributed by atoms with Gasteiger partial charge in [0.25, 0.3) is 0 Å². The van der Waals surface area contributed by atoms with Crippen LogP contribution < -0.4 is 5.32 Å². The third-order valence-corrected chi connectivity index (χ3v) is 4.84. The van der Waals surface area contributed by atoms with E-state index in [4.69, 9.17) is 4.74 Å². The summed E-state index contributed by atoms with van der Waals surface area (Å²) >= 11 is 2.10. The maximum atomic E-state index is 5.46. The van der Waals surface area contributed by atoms with Crippen molar-refractivity contribution in [1.29, 1.82) is 0 Å². The SMILES string of the molecule is CC(C)NCC1(N2CCOCC2)CCSC1. The molecule has 0 spiro atoms. The highest BCUT2D eigenvalue weighted by atomic mass is 32.2. The molecule has 2 saturated heterocycles. The minimum Gasteiger partial charge on any atom is -0.379 e. The van der Waals surface area contributed by atoms with Crippen LogP contribution in [0.3, 0.4) is 0 Å². The second-order valence-corrected chi connectivity index (χ2v) is 6.27. The lowest BCUT2D eigenvalue weighted by Crippen LogP contribution is -2.59. The Kier molecular flexibility index (Phi) is 4.53. The Morgan fingerprint density at radius 2 is 2.12 bits per heavy atom. The first-order valence-electron chi connectivity index (χ1n) is 6.37. The highest BCUT2D eigenvalue weighted by Gasteiger charge is 2.40. The molecular weight excluding hydrogens is 220 g/mol. The van der Waals surface area contributed by atoms with Crippen LogP contribution in [0.15, 0.2) is 0 Å². The Morgan fingerprint density at radius 3 is 2.69 bits per heavy atom. The fourth-order valence-electron chi connectivity index (χ4n) is 2.53. The molecule has 0 aromatic rings. The molecule has 0 amide bonds. The van der Waals surface area contributed by atoms with E-state index in [0.717, 1.165) is 32.8 Å². The lowest BCUT2D eigenvalue weighted by molar-refractivity contribution is -0.0138. The van der Waals surface area contributed by atoms with Crippen LogP contribution >= 0.6 is 11.8 Å². The van der Waals surface area contributed by atoms with E-state index in [1.165, 1.54) is 17.9 Å². The van der Waals surface area contributed by atoms with Gasteiger partial charge in [-0.15, -0.1) is 0 Å². The summed E-state index contributed by atoms with van der Waals surface area (Å²) in [6.07, 6.45) is 1.33. The molecule has 0 aliphatic carbocycles. The second kappa shape index (κ2) is 5.71. The fraction of sp³-hybridized carbons (Fsp3) is 1.00. The number of hydrogen-bond acceptors (Lipinski definition) is 4. The molecule has 0 aromatic heterocycles. The minimum absolute atomic E-state index is 0.402. The van der Waals surface area contributed by atoms with Gasteiger partial charge in [-0.3, -0.25) is 4.90 Å². The van der Waals surface area contributed by atoms with E-state index in [2.05, 4.69) is 35.8 Å². The summed E-state index contributed by atoms with van der Waals surface area (Å²) in [5, 5.41) is 3.63. The van der Waals surface area contributed by atoms with Crippen molar-refractivity contribution >= 4 is 11.8 Å². The van der Waals surface area contributed by atoms with Crippen molar-refractivity contribution in [2.24, 2.45) is 0 Å². The summed E-state index contributed by atoms with van der Waals surface area (Å²) in [6.45, 7) is 9.64. The molecule has 2 aliphatic heterocycles. The Hall–Kier alpha value is 0.230. The van der Waals surface area contributed by atoms with Gasteiger partial charge in [-0.1, -0.05) is 13.8 Å². The summed E-state index contributed by atoms with van der Waals surface area (Å²) in [5.41, 5.74) is 0.402. The van der Waals surface area contributed by atoms with Gasteiger partial charge < -0.3 is 10.1 Å². The molecule has 0 radical (unpaired) electrons. The smallest absolute Gasteiger partial charge is 0.0594 e. The standard InChI is InChI=1S/C12H24N2OS/c1-11(2)13-9-12(3-8-16-10-12)14-4-6-15-7-5-14/h11,13H,3-10H2,1-2H3. The number of morpholine rings is 1. The van der Waals surface area contributed by atoms with Crippen molar-refractivity contribution in [3.63, 3.8) is 0 Å². The number of nitrogens with zero attached hydrogens (tertiary/aromatic N) is 1. The molecule has 0 saturated carbocycles. The van der Waals surface area contributed by atoms with Gasteiger partial charge in [0.15, 0.2) is 0 Å². The van der Waals surface area contributed by atoms with E-state index in [0.29, 0.717) is 11.6 Å².